The van der Waals surface area contributed by atoms with Crippen molar-refractivity contribution >= 4 is 11.9 Å². The van der Waals surface area contributed by atoms with Crippen molar-refractivity contribution < 1.29 is 19.1 Å². The van der Waals surface area contributed by atoms with Crippen molar-refractivity contribution in [3.05, 3.63) is 29.8 Å². The first-order chi connectivity index (χ1) is 10.3. The summed E-state index contributed by atoms with van der Waals surface area (Å²) >= 11 is 0. The molecule has 0 fully saturated rings. The van der Waals surface area contributed by atoms with Crippen molar-refractivity contribution in [3.8, 4) is 5.75 Å². The van der Waals surface area contributed by atoms with Crippen LogP contribution in [0.4, 0.5) is 0 Å². The summed E-state index contributed by atoms with van der Waals surface area (Å²) < 4.78 is 10.1. The van der Waals surface area contributed by atoms with E-state index >= 15 is 0 Å². The molecule has 122 valence electrons. The Morgan fingerprint density at radius 2 is 1.86 bits per heavy atom. The van der Waals surface area contributed by atoms with Gasteiger partial charge in [0.15, 0.2) is 0 Å². The third-order valence-electron chi connectivity index (χ3n) is 2.98. The van der Waals surface area contributed by atoms with Crippen molar-refractivity contribution in [1.29, 1.82) is 0 Å². The van der Waals surface area contributed by atoms with Crippen LogP contribution in [0.1, 0.15) is 32.3 Å². The molecule has 1 rings (SSSR count). The SMILES string of the molecule is COC(=O)CCCOc1ccc(CNC(=O)C(C)(C)N)cc1. The number of nitrogens with two attached hydrogens (primary N) is 1. The van der Waals surface area contributed by atoms with Crippen molar-refractivity contribution in [3.63, 3.8) is 0 Å². The second-order valence-corrected chi connectivity index (χ2v) is 5.58. The molecule has 0 saturated carbocycles. The Kier molecular flexibility index (Phi) is 6.85. The molecule has 0 aliphatic carbocycles. The molecule has 0 atom stereocenters. The average Bonchev–Trinajstić information content (AvgIpc) is 2.49. The lowest BCUT2D eigenvalue weighted by molar-refractivity contribution is -0.140. The van der Waals surface area contributed by atoms with Crippen LogP contribution < -0.4 is 15.8 Å². The van der Waals surface area contributed by atoms with E-state index in [-0.39, 0.29) is 11.9 Å². The molecule has 0 bridgehead atoms. The molecule has 0 heterocycles. The smallest absolute Gasteiger partial charge is 0.305 e. The zero-order valence-electron chi connectivity index (χ0n) is 13.3. The number of rotatable bonds is 8. The Bertz CT molecular complexity index is 492. The van der Waals surface area contributed by atoms with Crippen LogP contribution in [0.3, 0.4) is 0 Å². The number of nitrogens with one attached hydrogen (secondary N) is 1. The van der Waals surface area contributed by atoms with Crippen LogP contribution in [-0.2, 0) is 20.9 Å². The quantitative estimate of drug-likeness (QED) is 0.559. The van der Waals surface area contributed by atoms with Gasteiger partial charge >= 0.3 is 5.97 Å². The normalized spacial score (nSPS) is 10.9. The monoisotopic (exact) mass is 308 g/mol. The lowest BCUT2D eigenvalue weighted by atomic mass is 10.1. The van der Waals surface area contributed by atoms with E-state index in [0.29, 0.717) is 26.0 Å². The van der Waals surface area contributed by atoms with Crippen molar-refractivity contribution in [1.82, 2.24) is 5.32 Å². The maximum Gasteiger partial charge on any atom is 0.305 e. The molecule has 3 N–H and O–H groups in total. The number of methoxy groups -OCH3 is 1. The van der Waals surface area contributed by atoms with Crippen LogP contribution >= 0.6 is 0 Å². The highest BCUT2D eigenvalue weighted by atomic mass is 16.5. The van der Waals surface area contributed by atoms with E-state index in [9.17, 15) is 9.59 Å². The van der Waals surface area contributed by atoms with E-state index in [0.717, 1.165) is 11.3 Å². The first kappa shape index (κ1) is 18.0. The number of benzene rings is 1. The summed E-state index contributed by atoms with van der Waals surface area (Å²) in [7, 11) is 1.37. The first-order valence-corrected chi connectivity index (χ1v) is 7.18. The minimum atomic E-state index is -0.886. The van der Waals surface area contributed by atoms with Crippen LogP contribution in [-0.4, -0.2) is 31.1 Å². The Labute approximate surface area is 131 Å². The van der Waals surface area contributed by atoms with Crippen LogP contribution in [0.15, 0.2) is 24.3 Å². The predicted molar refractivity (Wildman–Crippen MR) is 83.3 cm³/mol. The van der Waals surface area contributed by atoms with Gasteiger partial charge in [0, 0.05) is 13.0 Å². The zero-order valence-corrected chi connectivity index (χ0v) is 13.3. The standard InChI is InChI=1S/C16H24N2O4/c1-16(2,17)15(20)18-11-12-6-8-13(9-7-12)22-10-4-5-14(19)21-3/h6-9H,4-5,10-11,17H2,1-3H3,(H,18,20). The fourth-order valence-corrected chi connectivity index (χ4v) is 1.62. The Morgan fingerprint density at radius 1 is 1.23 bits per heavy atom. The molecule has 6 heteroatoms. The molecule has 1 aromatic carbocycles. The lowest BCUT2D eigenvalue weighted by Crippen LogP contribution is -2.48. The molecular formula is C16H24N2O4. The summed E-state index contributed by atoms with van der Waals surface area (Å²) in [4.78, 5) is 22.6. The molecule has 0 aliphatic heterocycles. The van der Waals surface area contributed by atoms with Gasteiger partial charge in [-0.3, -0.25) is 9.59 Å². The van der Waals surface area contributed by atoms with Gasteiger partial charge in [0.05, 0.1) is 19.3 Å². The molecular weight excluding hydrogens is 284 g/mol. The lowest BCUT2D eigenvalue weighted by Gasteiger charge is -2.17. The Hall–Kier alpha value is -2.08. The van der Waals surface area contributed by atoms with E-state index in [1.807, 2.05) is 24.3 Å². The summed E-state index contributed by atoms with van der Waals surface area (Å²) in [5.74, 6) is 0.284. The second-order valence-electron chi connectivity index (χ2n) is 5.58. The van der Waals surface area contributed by atoms with E-state index in [1.54, 1.807) is 13.8 Å². The Morgan fingerprint density at radius 3 is 2.41 bits per heavy atom. The topological polar surface area (TPSA) is 90.6 Å². The zero-order chi connectivity index (χ0) is 16.6. The molecule has 0 spiro atoms. The maximum atomic E-state index is 11.7. The summed E-state index contributed by atoms with van der Waals surface area (Å²) in [6.45, 7) is 4.19. The van der Waals surface area contributed by atoms with Crippen molar-refractivity contribution in [2.24, 2.45) is 5.73 Å². The molecule has 22 heavy (non-hydrogen) atoms. The van der Waals surface area contributed by atoms with Crippen LogP contribution in [0, 0.1) is 0 Å². The minimum Gasteiger partial charge on any atom is -0.494 e. The summed E-state index contributed by atoms with van der Waals surface area (Å²) in [5, 5.41) is 2.77. The van der Waals surface area contributed by atoms with E-state index in [4.69, 9.17) is 10.5 Å². The summed E-state index contributed by atoms with van der Waals surface area (Å²) in [6.07, 6.45) is 0.950. The Balaban J connectivity index is 2.34. The van der Waals surface area contributed by atoms with E-state index in [2.05, 4.69) is 10.1 Å². The summed E-state index contributed by atoms with van der Waals surface area (Å²) in [6, 6.07) is 7.40. The van der Waals surface area contributed by atoms with Gasteiger partial charge in [0.2, 0.25) is 5.91 Å². The van der Waals surface area contributed by atoms with Crippen LogP contribution in [0.25, 0.3) is 0 Å². The third kappa shape index (κ3) is 6.58. The molecule has 0 aromatic heterocycles. The number of carbonyl (C=O) groups excluding carboxylic acids is 2. The molecule has 0 unspecified atom stereocenters. The number of ether oxygens (including phenoxy) is 2. The van der Waals surface area contributed by atoms with Gasteiger partial charge in [-0.1, -0.05) is 12.1 Å². The van der Waals surface area contributed by atoms with Gasteiger partial charge in [-0.05, 0) is 38.0 Å². The highest BCUT2D eigenvalue weighted by Gasteiger charge is 2.20. The minimum absolute atomic E-state index is 0.198. The van der Waals surface area contributed by atoms with Gasteiger partial charge < -0.3 is 20.5 Å². The fourth-order valence-electron chi connectivity index (χ4n) is 1.62. The van der Waals surface area contributed by atoms with Crippen molar-refractivity contribution in [2.45, 2.75) is 38.8 Å². The molecule has 0 saturated heterocycles. The average molecular weight is 308 g/mol. The highest BCUT2D eigenvalue weighted by molar-refractivity contribution is 5.84. The third-order valence-corrected chi connectivity index (χ3v) is 2.98. The fraction of sp³-hybridized carbons (Fsp3) is 0.500. The second kappa shape index (κ2) is 8.38. The van der Waals surface area contributed by atoms with Gasteiger partial charge in [0.1, 0.15) is 5.75 Å². The van der Waals surface area contributed by atoms with Crippen LogP contribution in [0.2, 0.25) is 0 Å². The van der Waals surface area contributed by atoms with Crippen LogP contribution in [0.5, 0.6) is 5.75 Å². The van der Waals surface area contributed by atoms with Gasteiger partial charge in [0.25, 0.3) is 0 Å². The number of amides is 1. The molecule has 0 aliphatic rings. The molecule has 1 aromatic rings. The first-order valence-electron chi connectivity index (χ1n) is 7.18. The van der Waals surface area contributed by atoms with Gasteiger partial charge in [-0.25, -0.2) is 0 Å². The highest BCUT2D eigenvalue weighted by Crippen LogP contribution is 2.13. The van der Waals surface area contributed by atoms with Gasteiger partial charge in [-0.15, -0.1) is 0 Å². The number of carbonyl (C=O) groups is 2. The predicted octanol–water partition coefficient (Wildman–Crippen LogP) is 1.37. The van der Waals surface area contributed by atoms with Gasteiger partial charge in [-0.2, -0.15) is 0 Å². The number of hydrogen-bond acceptors (Lipinski definition) is 5. The molecule has 6 nitrogen and oxygen atoms in total. The largest absolute Gasteiger partial charge is 0.494 e. The van der Waals surface area contributed by atoms with E-state index in [1.165, 1.54) is 7.11 Å². The molecule has 0 radical (unpaired) electrons. The number of esters is 1. The van der Waals surface area contributed by atoms with Crippen molar-refractivity contribution in [2.75, 3.05) is 13.7 Å². The summed E-state index contributed by atoms with van der Waals surface area (Å²) in [5.41, 5.74) is 5.77. The number of hydrogen-bond donors (Lipinski definition) is 2. The maximum absolute atomic E-state index is 11.7. The molecule has 1 amide bonds. The van der Waals surface area contributed by atoms with E-state index < -0.39 is 5.54 Å².